The summed E-state index contributed by atoms with van der Waals surface area (Å²) in [4.78, 5) is 24.8. The van der Waals surface area contributed by atoms with Gasteiger partial charge in [-0.3, -0.25) is 0 Å². The van der Waals surface area contributed by atoms with Crippen LogP contribution >= 0.6 is 18.8 Å². The van der Waals surface area contributed by atoms with Gasteiger partial charge in [0, 0.05) is 0 Å². The van der Waals surface area contributed by atoms with Crippen molar-refractivity contribution in [3.63, 3.8) is 0 Å². The molecule has 0 spiro atoms. The van der Waals surface area contributed by atoms with Crippen LogP contribution in [-0.4, -0.2) is 41.4 Å². The molecule has 23 heteroatoms. The minimum absolute atomic E-state index is 0. The number of hydrogen-bond donors (Lipinski definition) is 1. The van der Waals surface area contributed by atoms with E-state index >= 15 is 0 Å². The third kappa shape index (κ3) is 478. The maximum absolute atomic E-state index is 8.25. The van der Waals surface area contributed by atoms with Crippen molar-refractivity contribution in [2.24, 2.45) is 0 Å². The topological polar surface area (TPSA) is 397 Å². The quantitative estimate of drug-likeness (QED) is 0.216. The van der Waals surface area contributed by atoms with Gasteiger partial charge in [0.1, 0.15) is 0 Å². The standard InChI is InChI=1S/C7H17N3.2ClH.3NO3.4H2N.2Pt/c8-4-1-2-6-10-7-3-5-9;;;3*2-1(3)4;;;;;;/h8-10H,1-7H2;2*1H;;;;4*1H2;;/q-2;;;7*-1;2*+2/p-1. The molecule has 0 aromatic heterocycles. The third-order valence-corrected chi connectivity index (χ3v) is 1.42. The van der Waals surface area contributed by atoms with Crippen LogP contribution in [0.3, 0.4) is 0 Å². The number of nitrogens with one attached hydrogen (secondary N) is 2. The van der Waals surface area contributed by atoms with Gasteiger partial charge in [-0.2, -0.15) is 6.54 Å². The molecule has 0 rings (SSSR count). The van der Waals surface area contributed by atoms with E-state index in [4.69, 9.17) is 57.4 Å². The number of nitrogens with zero attached hydrogens (tertiary/aromatic N) is 3. The van der Waals surface area contributed by atoms with Crippen molar-refractivity contribution >= 4 is 18.8 Å². The smallest absolute Gasteiger partial charge is 0.0754 e. The summed E-state index contributed by atoms with van der Waals surface area (Å²) in [6.45, 7) is 3.33. The average Bonchev–Trinajstić information content (AvgIpc) is 2.53. The van der Waals surface area contributed by atoms with E-state index in [-0.39, 0.29) is 24.6 Å². The predicted molar refractivity (Wildman–Crippen MR) is 108 cm³/mol. The summed E-state index contributed by atoms with van der Waals surface area (Å²) in [5.74, 6) is 0. The first-order valence-electron chi connectivity index (χ1n) is 5.91. The Bertz CT molecular complexity index is 246. The number of unbranched alkanes of at least 4 members (excludes halogenated alkanes) is 1. The van der Waals surface area contributed by atoms with Gasteiger partial charge in [0.15, 0.2) is 0 Å². The maximum Gasteiger partial charge on any atom is 0.0754 e. The van der Waals surface area contributed by atoms with Gasteiger partial charge in [0.25, 0.3) is 0 Å². The molecule has 0 saturated carbocycles. The monoisotopic (exact) mass is 854 g/mol. The fraction of sp³-hybridized carbons (Fsp3) is 1.00. The number of quaternary nitrogens is 1. The summed E-state index contributed by atoms with van der Waals surface area (Å²) in [5, 5.41) is 46.5. The Labute approximate surface area is 203 Å². The van der Waals surface area contributed by atoms with Gasteiger partial charge in [0.05, 0.1) is 28.3 Å². The first-order chi connectivity index (χ1) is 12.1. The fourth-order valence-corrected chi connectivity index (χ4v) is 0.804. The van der Waals surface area contributed by atoms with E-state index in [0.717, 1.165) is 32.4 Å². The molecule has 0 aliphatic carbocycles. The zero-order chi connectivity index (χ0) is 22.4. The van der Waals surface area contributed by atoms with E-state index < -0.39 is 15.3 Å². The maximum atomic E-state index is 8.25. The largest absolute Gasteiger partial charge is 0.693 e. The van der Waals surface area contributed by atoms with Crippen molar-refractivity contribution < 1.29 is 58.1 Å². The summed E-state index contributed by atoms with van der Waals surface area (Å²) >= 11 is 3.22. The molecule has 0 atom stereocenters. The van der Waals surface area contributed by atoms with Crippen LogP contribution in [0.25, 0.3) is 36.1 Å². The normalized spacial score (nSPS) is 6.27. The zero-order valence-electron chi connectivity index (χ0n) is 15.2. The molecule has 0 saturated heterocycles. The summed E-state index contributed by atoms with van der Waals surface area (Å²) in [6, 6.07) is 0. The molecule has 0 bridgehead atoms. The Hall–Kier alpha value is -0.723. The second kappa shape index (κ2) is 79.4. The van der Waals surface area contributed by atoms with Gasteiger partial charge < -0.3 is 87.4 Å². The Kier molecular flexibility index (Phi) is 167. The summed E-state index contributed by atoms with van der Waals surface area (Å²) < 4.78 is 0. The van der Waals surface area contributed by atoms with Crippen LogP contribution in [0.1, 0.15) is 19.3 Å². The molecule has 198 valence electrons. The van der Waals surface area contributed by atoms with Gasteiger partial charge >= 0.3 is 56.4 Å². The molecule has 19 nitrogen and oxygen atoms in total. The molecule has 0 aliphatic heterocycles. The third-order valence-electron chi connectivity index (χ3n) is 1.42. The molecule has 0 radical (unpaired) electrons. The van der Waals surface area contributed by atoms with Gasteiger partial charge in [-0.25, -0.2) is 0 Å². The fourth-order valence-electron chi connectivity index (χ4n) is 0.804. The molecule has 0 aromatic rings. The second-order valence-electron chi connectivity index (χ2n) is 3.10. The molecule has 30 heavy (non-hydrogen) atoms. The van der Waals surface area contributed by atoms with E-state index in [1.165, 1.54) is 0 Å². The van der Waals surface area contributed by atoms with Gasteiger partial charge in [-0.05, 0) is 12.8 Å². The Morgan fingerprint density at radius 2 is 0.800 bits per heavy atom. The summed E-state index contributed by atoms with van der Waals surface area (Å²) in [7, 11) is 9.22. The van der Waals surface area contributed by atoms with Crippen LogP contribution in [0.5, 0.6) is 0 Å². The van der Waals surface area contributed by atoms with Crippen molar-refractivity contribution in [3.8, 4) is 0 Å². The Morgan fingerprint density at radius 3 is 1.00 bits per heavy atom. The van der Waals surface area contributed by atoms with Crippen LogP contribution in [0.15, 0.2) is 0 Å². The van der Waals surface area contributed by atoms with E-state index in [0.29, 0.717) is 13.1 Å². The Morgan fingerprint density at radius 1 is 0.600 bits per heavy atom. The van der Waals surface area contributed by atoms with Gasteiger partial charge in [0.2, 0.25) is 0 Å². The van der Waals surface area contributed by atoms with Crippen molar-refractivity contribution in [3.05, 3.63) is 82.0 Å². The summed E-state index contributed by atoms with van der Waals surface area (Å²) in [6.07, 6.45) is 3.18. The molecule has 0 heterocycles. The van der Waals surface area contributed by atoms with E-state index in [1.807, 2.05) is 0 Å². The molecular formula is C7H26Cl2N10O9Pt2-6. The average molecular weight is 855 g/mol. The molecule has 0 amide bonds. The van der Waals surface area contributed by atoms with Crippen LogP contribution in [0, 0.1) is 46.0 Å². The Balaban J connectivity index is -0.0000000217. The van der Waals surface area contributed by atoms with Gasteiger partial charge in [-0.15, -0.1) is 6.54 Å². The first-order valence-corrected chi connectivity index (χ1v) is 11.5. The minimum atomic E-state index is -1.75. The van der Waals surface area contributed by atoms with Crippen LogP contribution < -0.4 is 5.32 Å². The number of hydrogen-bond acceptors (Lipinski definition) is 9. The van der Waals surface area contributed by atoms with Crippen LogP contribution in [0.4, 0.5) is 0 Å². The molecular weight excluding hydrogens is 829 g/mol. The van der Waals surface area contributed by atoms with Gasteiger partial charge in [-0.1, -0.05) is 6.42 Å². The second-order valence-corrected chi connectivity index (χ2v) is 3.10. The number of halogens is 2. The zero-order valence-corrected chi connectivity index (χ0v) is 21.3. The van der Waals surface area contributed by atoms with Crippen molar-refractivity contribution in [2.75, 3.05) is 26.2 Å². The predicted octanol–water partition coefficient (Wildman–Crippen LogP) is 4.35. The SMILES string of the molecule is O=[N+]([O-])[O-].O=[N+]([O-])[O-].O=[N+]([O-])[O-].[Cl][Pt+].[Cl][Pt+].[NH-]CCCC[NH2+]CCC[NH-].[NH2-].[NH2-].[NH2-].[NH2-]. The number of rotatable bonds is 7. The molecule has 0 aliphatic rings. The molecule has 12 N–H and O–H groups in total. The molecule has 0 unspecified atom stereocenters. The van der Waals surface area contributed by atoms with E-state index in [2.05, 4.69) is 24.2 Å². The molecule has 0 aromatic carbocycles. The van der Waals surface area contributed by atoms with E-state index in [9.17, 15) is 0 Å². The first kappa shape index (κ1) is 63.0. The van der Waals surface area contributed by atoms with Crippen molar-refractivity contribution in [2.45, 2.75) is 19.3 Å². The van der Waals surface area contributed by atoms with E-state index in [1.54, 1.807) is 37.5 Å². The van der Waals surface area contributed by atoms with Crippen LogP contribution in [0.2, 0.25) is 0 Å². The number of nitrogens with two attached hydrogens (primary N) is 5. The van der Waals surface area contributed by atoms with Crippen molar-refractivity contribution in [1.29, 1.82) is 0 Å². The van der Waals surface area contributed by atoms with Crippen LogP contribution in [-0.2, 0) is 37.5 Å². The van der Waals surface area contributed by atoms with Crippen molar-refractivity contribution in [1.82, 2.24) is 0 Å². The summed E-state index contributed by atoms with van der Waals surface area (Å²) in [5.41, 5.74) is 13.7. The minimum Gasteiger partial charge on any atom is -0.693 e. The molecule has 0 fully saturated rings.